The van der Waals surface area contributed by atoms with Gasteiger partial charge in [-0.15, -0.1) is 0 Å². The molecule has 0 fully saturated rings. The van der Waals surface area contributed by atoms with Gasteiger partial charge < -0.3 is 10.0 Å². The molecule has 0 aliphatic rings. The summed E-state index contributed by atoms with van der Waals surface area (Å²) in [5.41, 5.74) is 4.97. The minimum Gasteiger partial charge on any atom is -0.507 e. The highest BCUT2D eigenvalue weighted by Gasteiger charge is 2.18. The summed E-state index contributed by atoms with van der Waals surface area (Å²) in [5.74, 6) is 0.445. The highest BCUT2D eigenvalue weighted by molar-refractivity contribution is 7.56. The van der Waals surface area contributed by atoms with E-state index >= 15 is 0 Å². The predicted molar refractivity (Wildman–Crippen MR) is 108 cm³/mol. The molecule has 0 aliphatic carbocycles. The van der Waals surface area contributed by atoms with Crippen LogP contribution in [0.4, 0.5) is 0 Å². The van der Waals surface area contributed by atoms with Crippen molar-refractivity contribution in [1.82, 2.24) is 4.90 Å². The van der Waals surface area contributed by atoms with Crippen LogP contribution < -0.4 is 10.6 Å². The summed E-state index contributed by atoms with van der Waals surface area (Å²) in [6, 6.07) is 10.8. The number of hydrogen-bond acceptors (Lipinski definition) is 2. The normalized spacial score (nSPS) is 12.5. The SMILES string of the molecule is Cc1cc(C(C)(C)C)cc(Pc2c(C)cccc2CN(C)C)c1O. The maximum atomic E-state index is 10.6. The van der Waals surface area contributed by atoms with Crippen LogP contribution in [0.2, 0.25) is 0 Å². The molecule has 1 atom stereocenters. The average Bonchev–Trinajstić information content (AvgIpc) is 2.45. The molecule has 0 amide bonds. The molecular weight excluding hydrogens is 313 g/mol. The van der Waals surface area contributed by atoms with E-state index in [0.29, 0.717) is 14.3 Å². The third kappa shape index (κ3) is 4.37. The summed E-state index contributed by atoms with van der Waals surface area (Å²) in [4.78, 5) is 2.19. The Morgan fingerprint density at radius 1 is 1.04 bits per heavy atom. The lowest BCUT2D eigenvalue weighted by atomic mass is 9.86. The number of aryl methyl sites for hydroxylation is 2. The van der Waals surface area contributed by atoms with Crippen LogP contribution in [-0.4, -0.2) is 24.1 Å². The Hall–Kier alpha value is -1.37. The van der Waals surface area contributed by atoms with Crippen molar-refractivity contribution in [1.29, 1.82) is 0 Å². The van der Waals surface area contributed by atoms with E-state index < -0.39 is 0 Å². The standard InChI is InChI=1S/C21H30NOP/c1-14-9-8-10-16(13-22(6)7)20(14)24-18-12-17(21(3,4)5)11-15(2)19(18)23/h8-12,23-24H,13H2,1-7H3. The smallest absolute Gasteiger partial charge is 0.126 e. The first-order valence-corrected chi connectivity index (χ1v) is 9.44. The summed E-state index contributed by atoms with van der Waals surface area (Å²) in [6.07, 6.45) is 0. The average molecular weight is 343 g/mol. The van der Waals surface area contributed by atoms with Crippen LogP contribution in [0.5, 0.6) is 5.75 Å². The van der Waals surface area contributed by atoms with Gasteiger partial charge in [-0.25, -0.2) is 0 Å². The molecule has 0 bridgehead atoms. The summed E-state index contributed by atoms with van der Waals surface area (Å²) >= 11 is 0. The number of hydrogen-bond donors (Lipinski definition) is 1. The van der Waals surface area contributed by atoms with Crippen LogP contribution in [0, 0.1) is 13.8 Å². The molecule has 2 aromatic carbocycles. The number of phenolic OH excluding ortho intramolecular Hbond substituents is 1. The molecule has 2 aromatic rings. The fourth-order valence-corrected chi connectivity index (χ4v) is 4.24. The third-order valence-corrected chi connectivity index (χ3v) is 5.89. The molecule has 1 unspecified atom stereocenters. The van der Waals surface area contributed by atoms with E-state index in [0.717, 1.165) is 17.4 Å². The first kappa shape index (κ1) is 19.0. The number of benzene rings is 2. The van der Waals surface area contributed by atoms with Gasteiger partial charge >= 0.3 is 0 Å². The zero-order valence-corrected chi connectivity index (χ0v) is 17.0. The maximum Gasteiger partial charge on any atom is 0.126 e. The molecule has 0 heterocycles. The van der Waals surface area contributed by atoms with Gasteiger partial charge in [0.2, 0.25) is 0 Å². The molecule has 0 spiro atoms. The van der Waals surface area contributed by atoms with Gasteiger partial charge in [0.25, 0.3) is 0 Å². The van der Waals surface area contributed by atoms with E-state index in [1.165, 1.54) is 22.0 Å². The quantitative estimate of drug-likeness (QED) is 0.848. The van der Waals surface area contributed by atoms with Gasteiger partial charge in [-0.05, 0) is 67.0 Å². The zero-order valence-electron chi connectivity index (χ0n) is 16.0. The molecule has 2 rings (SSSR count). The van der Waals surface area contributed by atoms with Crippen molar-refractivity contribution in [2.45, 2.75) is 46.6 Å². The van der Waals surface area contributed by atoms with E-state index in [9.17, 15) is 5.11 Å². The van der Waals surface area contributed by atoms with Gasteiger partial charge in [-0.1, -0.05) is 53.6 Å². The highest BCUT2D eigenvalue weighted by atomic mass is 31.1. The second-order valence-electron chi connectivity index (χ2n) is 7.91. The fraction of sp³-hybridized carbons (Fsp3) is 0.429. The molecule has 0 aromatic heterocycles. The Bertz CT molecular complexity index is 729. The monoisotopic (exact) mass is 343 g/mol. The summed E-state index contributed by atoms with van der Waals surface area (Å²) in [7, 11) is 4.66. The summed E-state index contributed by atoms with van der Waals surface area (Å²) in [6.45, 7) is 11.7. The molecule has 0 radical (unpaired) electrons. The van der Waals surface area contributed by atoms with Crippen molar-refractivity contribution < 1.29 is 5.11 Å². The largest absolute Gasteiger partial charge is 0.507 e. The Labute approximate surface area is 148 Å². The minimum absolute atomic E-state index is 0.0793. The lowest BCUT2D eigenvalue weighted by molar-refractivity contribution is 0.403. The van der Waals surface area contributed by atoms with Crippen molar-refractivity contribution in [2.75, 3.05) is 14.1 Å². The summed E-state index contributed by atoms with van der Waals surface area (Å²) in [5, 5.41) is 13.0. The van der Waals surface area contributed by atoms with Crippen LogP contribution in [0.25, 0.3) is 0 Å². The fourth-order valence-electron chi connectivity index (χ4n) is 2.82. The van der Waals surface area contributed by atoms with Gasteiger partial charge in [0.05, 0.1) is 0 Å². The van der Waals surface area contributed by atoms with E-state index in [1.54, 1.807) is 0 Å². The summed E-state index contributed by atoms with van der Waals surface area (Å²) < 4.78 is 0. The minimum atomic E-state index is 0.0793. The Kier molecular flexibility index (Phi) is 5.73. The van der Waals surface area contributed by atoms with Gasteiger partial charge in [0.15, 0.2) is 0 Å². The van der Waals surface area contributed by atoms with Crippen LogP contribution in [-0.2, 0) is 12.0 Å². The van der Waals surface area contributed by atoms with Gasteiger partial charge in [-0.3, -0.25) is 0 Å². The number of rotatable bonds is 4. The molecule has 3 heteroatoms. The first-order valence-electron chi connectivity index (χ1n) is 8.44. The number of aromatic hydroxyl groups is 1. The lowest BCUT2D eigenvalue weighted by Crippen LogP contribution is -2.20. The molecule has 1 N–H and O–H groups in total. The first-order chi connectivity index (χ1) is 11.1. The van der Waals surface area contributed by atoms with Gasteiger partial charge in [-0.2, -0.15) is 0 Å². The second kappa shape index (κ2) is 7.25. The van der Waals surface area contributed by atoms with E-state index in [1.807, 2.05) is 6.92 Å². The molecule has 0 saturated carbocycles. The molecule has 24 heavy (non-hydrogen) atoms. The Morgan fingerprint density at radius 3 is 2.29 bits per heavy atom. The molecular formula is C21H30NOP. The molecule has 130 valence electrons. The Balaban J connectivity index is 2.50. The van der Waals surface area contributed by atoms with Crippen LogP contribution >= 0.6 is 8.58 Å². The number of nitrogens with zero attached hydrogens (tertiary/aromatic N) is 1. The lowest BCUT2D eigenvalue weighted by Gasteiger charge is -2.23. The van der Waals surface area contributed by atoms with E-state index in [2.05, 4.69) is 77.0 Å². The van der Waals surface area contributed by atoms with Crippen LogP contribution in [0.3, 0.4) is 0 Å². The Morgan fingerprint density at radius 2 is 1.71 bits per heavy atom. The van der Waals surface area contributed by atoms with Crippen molar-refractivity contribution in [3.8, 4) is 5.75 Å². The van der Waals surface area contributed by atoms with Gasteiger partial charge in [0, 0.05) is 11.8 Å². The highest BCUT2D eigenvalue weighted by Crippen LogP contribution is 2.30. The second-order valence-corrected chi connectivity index (χ2v) is 9.20. The van der Waals surface area contributed by atoms with Crippen molar-refractivity contribution in [3.05, 3.63) is 52.6 Å². The zero-order chi connectivity index (χ0) is 18.1. The van der Waals surface area contributed by atoms with Gasteiger partial charge in [0.1, 0.15) is 5.75 Å². The third-order valence-electron chi connectivity index (χ3n) is 4.27. The molecule has 0 aliphatic heterocycles. The molecule has 0 saturated heterocycles. The van der Waals surface area contributed by atoms with Crippen molar-refractivity contribution in [3.63, 3.8) is 0 Å². The van der Waals surface area contributed by atoms with E-state index in [-0.39, 0.29) is 5.41 Å². The molecule has 2 nitrogen and oxygen atoms in total. The predicted octanol–water partition coefficient (Wildman–Crippen LogP) is 4.00. The van der Waals surface area contributed by atoms with E-state index in [4.69, 9.17) is 0 Å². The van der Waals surface area contributed by atoms with Crippen molar-refractivity contribution in [2.24, 2.45) is 0 Å². The van der Waals surface area contributed by atoms with Crippen molar-refractivity contribution >= 4 is 19.2 Å². The number of phenols is 1. The van der Waals surface area contributed by atoms with Crippen LogP contribution in [0.15, 0.2) is 30.3 Å². The maximum absolute atomic E-state index is 10.6. The topological polar surface area (TPSA) is 23.5 Å². The van der Waals surface area contributed by atoms with Crippen LogP contribution in [0.1, 0.15) is 43.0 Å².